The fraction of sp³-hybridized carbons (Fsp3) is 0.211. The van der Waals surface area contributed by atoms with E-state index in [0.29, 0.717) is 10.9 Å². The maximum Gasteiger partial charge on any atom is 0.325 e. The van der Waals surface area contributed by atoms with Crippen molar-refractivity contribution < 1.29 is 9.79 Å². The van der Waals surface area contributed by atoms with E-state index in [-0.39, 0.29) is 17.5 Å². The Morgan fingerprint density at radius 2 is 1.96 bits per heavy atom. The molecule has 0 unspecified atom stereocenters. The van der Waals surface area contributed by atoms with Crippen molar-refractivity contribution in [2.75, 3.05) is 11.1 Å². The van der Waals surface area contributed by atoms with Crippen molar-refractivity contribution in [3.8, 4) is 17.0 Å². The number of para-hydroxylation sites is 1. The second-order valence-electron chi connectivity index (χ2n) is 6.08. The van der Waals surface area contributed by atoms with Gasteiger partial charge in [-0.1, -0.05) is 30.8 Å². The first kappa shape index (κ1) is 16.7. The number of hydrogen-bond donors (Lipinski definition) is 3. The van der Waals surface area contributed by atoms with Gasteiger partial charge in [-0.2, -0.15) is 0 Å². The smallest absolute Gasteiger partial charge is 0.325 e. The van der Waals surface area contributed by atoms with E-state index in [2.05, 4.69) is 22.3 Å². The molecule has 2 aromatic carbocycles. The lowest BCUT2D eigenvalue weighted by molar-refractivity contribution is -0.759. The van der Waals surface area contributed by atoms with Crippen LogP contribution in [0.3, 0.4) is 0 Å². The summed E-state index contributed by atoms with van der Waals surface area (Å²) < 4.78 is 1.74. The van der Waals surface area contributed by atoms with E-state index in [1.54, 1.807) is 16.8 Å². The van der Waals surface area contributed by atoms with Gasteiger partial charge in [0.2, 0.25) is 5.16 Å². The molecule has 0 fully saturated rings. The number of nitrogens with one attached hydrogen (secondary N) is 2. The van der Waals surface area contributed by atoms with E-state index in [9.17, 15) is 9.90 Å². The Kier molecular flexibility index (Phi) is 4.38. The van der Waals surface area contributed by atoms with E-state index in [0.717, 1.165) is 29.0 Å². The van der Waals surface area contributed by atoms with Crippen molar-refractivity contribution in [1.29, 1.82) is 0 Å². The zero-order valence-electron chi connectivity index (χ0n) is 14.3. The Hall–Kier alpha value is -2.80. The van der Waals surface area contributed by atoms with Gasteiger partial charge in [-0.25, -0.2) is 0 Å². The summed E-state index contributed by atoms with van der Waals surface area (Å²) in [5.74, 6) is 1.09. The van der Waals surface area contributed by atoms with E-state index in [4.69, 9.17) is 0 Å². The first-order chi connectivity index (χ1) is 12.7. The number of aromatic amines is 1. The molecule has 3 aromatic rings. The summed E-state index contributed by atoms with van der Waals surface area (Å²) in [6.07, 6.45) is 0.669. The highest BCUT2D eigenvalue weighted by Crippen LogP contribution is 2.31. The van der Waals surface area contributed by atoms with Crippen LogP contribution in [0.2, 0.25) is 0 Å². The van der Waals surface area contributed by atoms with Gasteiger partial charge in [-0.3, -0.25) is 9.78 Å². The third kappa shape index (κ3) is 2.94. The Morgan fingerprint density at radius 1 is 1.19 bits per heavy atom. The molecule has 0 amide bonds. The van der Waals surface area contributed by atoms with Gasteiger partial charge in [0.25, 0.3) is 6.17 Å². The molecule has 1 aliphatic rings. The minimum Gasteiger partial charge on any atom is -0.508 e. The molecule has 1 aliphatic heterocycles. The molecule has 2 heterocycles. The first-order valence-electron chi connectivity index (χ1n) is 8.51. The standard InChI is InChI=1S/C19H18N4O2S/c1-2-11-26-19-21-18(25)16-14-5-3-4-6-15(14)20-17(23(16)22-19)12-7-9-13(24)10-8-12/h3-10,17H,2,11H2,1H3,(H2,21,22,24,25)/p+1/t17-/m0/s1. The molecular weight excluding hydrogens is 348 g/mol. The number of aromatic hydroxyl groups is 1. The zero-order valence-corrected chi connectivity index (χ0v) is 15.1. The molecule has 3 N–H and O–H groups in total. The van der Waals surface area contributed by atoms with Crippen molar-refractivity contribution in [1.82, 2.24) is 10.1 Å². The number of thioether (sulfide) groups is 1. The number of benzene rings is 2. The molecule has 0 saturated heterocycles. The van der Waals surface area contributed by atoms with Crippen LogP contribution < -0.4 is 15.6 Å². The van der Waals surface area contributed by atoms with Gasteiger partial charge in [0.15, 0.2) is 0 Å². The number of hydrogen-bond acceptors (Lipinski definition) is 5. The Morgan fingerprint density at radius 3 is 2.73 bits per heavy atom. The normalized spacial score (nSPS) is 15.0. The van der Waals surface area contributed by atoms with E-state index >= 15 is 0 Å². The van der Waals surface area contributed by atoms with E-state index in [1.165, 1.54) is 11.8 Å². The van der Waals surface area contributed by atoms with Crippen LogP contribution in [0.4, 0.5) is 5.69 Å². The SMILES string of the molecule is CCCSc1n[n+]2c(c(=O)[nH]1)-c1ccccc1N[C@@H]2c1ccc(O)cc1. The second kappa shape index (κ2) is 6.84. The lowest BCUT2D eigenvalue weighted by Gasteiger charge is -2.22. The molecule has 0 bridgehead atoms. The Bertz CT molecular complexity index is 1000. The molecule has 0 spiro atoms. The lowest BCUT2D eigenvalue weighted by Crippen LogP contribution is -2.55. The number of H-pyrrole nitrogens is 1. The minimum atomic E-state index is -0.330. The fourth-order valence-electron chi connectivity index (χ4n) is 3.03. The summed E-state index contributed by atoms with van der Waals surface area (Å²) in [6, 6.07) is 14.6. The molecule has 0 saturated carbocycles. The quantitative estimate of drug-likeness (QED) is 0.488. The number of nitrogens with zero attached hydrogens (tertiary/aromatic N) is 2. The van der Waals surface area contributed by atoms with Gasteiger partial charge < -0.3 is 10.4 Å². The van der Waals surface area contributed by atoms with Crippen LogP contribution in [-0.4, -0.2) is 20.9 Å². The van der Waals surface area contributed by atoms with Crippen molar-refractivity contribution in [2.45, 2.75) is 24.7 Å². The van der Waals surface area contributed by atoms with Gasteiger partial charge in [0, 0.05) is 16.4 Å². The van der Waals surface area contributed by atoms with Crippen LogP contribution in [0.25, 0.3) is 11.3 Å². The largest absolute Gasteiger partial charge is 0.508 e. The number of phenolic OH excluding ortho intramolecular Hbond substituents is 1. The highest BCUT2D eigenvalue weighted by molar-refractivity contribution is 7.99. The van der Waals surface area contributed by atoms with Gasteiger partial charge in [0.05, 0.1) is 11.3 Å². The van der Waals surface area contributed by atoms with Gasteiger partial charge in [-0.15, -0.1) is 0 Å². The molecule has 1 aromatic heterocycles. The number of rotatable bonds is 4. The van der Waals surface area contributed by atoms with Crippen LogP contribution in [0, 0.1) is 0 Å². The Balaban J connectivity index is 1.90. The predicted molar refractivity (Wildman–Crippen MR) is 101 cm³/mol. The molecule has 0 aliphatic carbocycles. The van der Waals surface area contributed by atoms with E-state index < -0.39 is 0 Å². The maximum atomic E-state index is 12.8. The predicted octanol–water partition coefficient (Wildman–Crippen LogP) is 2.90. The minimum absolute atomic E-state index is 0.156. The van der Waals surface area contributed by atoms with Gasteiger partial charge in [-0.05, 0) is 47.5 Å². The van der Waals surface area contributed by atoms with Crippen LogP contribution in [0.1, 0.15) is 25.1 Å². The van der Waals surface area contributed by atoms with Crippen LogP contribution in [0.15, 0.2) is 58.5 Å². The molecular formula is C19H19N4O2S+. The number of aromatic nitrogens is 3. The van der Waals surface area contributed by atoms with Crippen LogP contribution in [-0.2, 0) is 0 Å². The third-order valence-corrected chi connectivity index (χ3v) is 5.30. The summed E-state index contributed by atoms with van der Waals surface area (Å²) in [4.78, 5) is 15.7. The van der Waals surface area contributed by atoms with Crippen molar-refractivity contribution in [2.24, 2.45) is 0 Å². The summed E-state index contributed by atoms with van der Waals surface area (Å²) in [5.41, 5.74) is 2.98. The molecule has 4 rings (SSSR count). The average Bonchev–Trinajstić information content (AvgIpc) is 2.66. The highest BCUT2D eigenvalue weighted by Gasteiger charge is 2.37. The number of fused-ring (bicyclic) bond motifs is 3. The van der Waals surface area contributed by atoms with Crippen molar-refractivity contribution in [3.05, 3.63) is 64.4 Å². The maximum absolute atomic E-state index is 12.8. The third-order valence-electron chi connectivity index (χ3n) is 4.23. The molecule has 0 radical (unpaired) electrons. The highest BCUT2D eigenvalue weighted by atomic mass is 32.2. The lowest BCUT2D eigenvalue weighted by atomic mass is 10.0. The zero-order chi connectivity index (χ0) is 18.1. The topological polar surface area (TPSA) is 81.9 Å². The summed E-state index contributed by atoms with van der Waals surface area (Å²) >= 11 is 1.53. The molecule has 7 heteroatoms. The summed E-state index contributed by atoms with van der Waals surface area (Å²) in [7, 11) is 0. The molecule has 6 nitrogen and oxygen atoms in total. The summed E-state index contributed by atoms with van der Waals surface area (Å²) in [6.45, 7) is 2.09. The average molecular weight is 367 g/mol. The van der Waals surface area contributed by atoms with Gasteiger partial charge in [0.1, 0.15) is 5.75 Å². The summed E-state index contributed by atoms with van der Waals surface area (Å²) in [5, 5.41) is 18.3. The van der Waals surface area contributed by atoms with Crippen molar-refractivity contribution in [3.63, 3.8) is 0 Å². The fourth-order valence-corrected chi connectivity index (χ4v) is 3.74. The molecule has 1 atom stereocenters. The Labute approximate surface area is 154 Å². The second-order valence-corrected chi connectivity index (χ2v) is 7.17. The molecule has 132 valence electrons. The number of anilines is 1. The first-order valence-corrected chi connectivity index (χ1v) is 9.49. The van der Waals surface area contributed by atoms with Gasteiger partial charge >= 0.3 is 11.3 Å². The van der Waals surface area contributed by atoms with Crippen LogP contribution in [0.5, 0.6) is 5.75 Å². The molecule has 26 heavy (non-hydrogen) atoms. The van der Waals surface area contributed by atoms with Crippen molar-refractivity contribution >= 4 is 17.4 Å². The van der Waals surface area contributed by atoms with Crippen LogP contribution >= 0.6 is 11.8 Å². The monoisotopic (exact) mass is 367 g/mol. The van der Waals surface area contributed by atoms with E-state index in [1.807, 2.05) is 36.4 Å². The number of phenols is 1.